The average Bonchev–Trinajstić information content (AvgIpc) is 2.97. The highest BCUT2D eigenvalue weighted by molar-refractivity contribution is 5.32. The van der Waals surface area contributed by atoms with E-state index in [0.29, 0.717) is 5.92 Å². The van der Waals surface area contributed by atoms with Crippen molar-refractivity contribution in [3.8, 4) is 0 Å². The number of benzene rings is 1. The van der Waals surface area contributed by atoms with Crippen molar-refractivity contribution in [1.82, 2.24) is 5.32 Å². The van der Waals surface area contributed by atoms with E-state index in [-0.39, 0.29) is 0 Å². The van der Waals surface area contributed by atoms with Gasteiger partial charge in [-0.3, -0.25) is 0 Å². The maximum absolute atomic E-state index is 3.32. The first kappa shape index (κ1) is 9.72. The molecule has 1 aliphatic carbocycles. The van der Waals surface area contributed by atoms with Gasteiger partial charge in [-0.25, -0.2) is 0 Å². The normalized spacial score (nSPS) is 25.4. The number of likely N-dealkylation sites (N-methyl/N-ethyl adjacent to an activating group) is 1. The molecule has 76 valence electrons. The zero-order valence-electron chi connectivity index (χ0n) is 9.25. The average molecular weight is 189 g/mol. The second kappa shape index (κ2) is 3.74. The van der Waals surface area contributed by atoms with Crippen molar-refractivity contribution in [1.29, 1.82) is 0 Å². The topological polar surface area (TPSA) is 12.0 Å². The van der Waals surface area contributed by atoms with E-state index in [1.165, 1.54) is 17.5 Å². The molecular formula is C13H19N. The third-order valence-corrected chi connectivity index (χ3v) is 3.19. The van der Waals surface area contributed by atoms with Gasteiger partial charge in [-0.05, 0) is 30.5 Å². The fourth-order valence-electron chi connectivity index (χ4n) is 2.01. The quantitative estimate of drug-likeness (QED) is 0.771. The molecule has 1 N–H and O–H groups in total. The van der Waals surface area contributed by atoms with Crippen LogP contribution in [0.1, 0.15) is 43.2 Å². The fraction of sp³-hybridized carbons (Fsp3) is 0.538. The van der Waals surface area contributed by atoms with Crippen LogP contribution in [0.25, 0.3) is 0 Å². The van der Waals surface area contributed by atoms with Crippen molar-refractivity contribution in [3.05, 3.63) is 35.4 Å². The Morgan fingerprint density at radius 1 is 1.21 bits per heavy atom. The maximum Gasteiger partial charge on any atom is 0.0140 e. The molecule has 0 aliphatic heterocycles. The second-order valence-electron chi connectivity index (χ2n) is 4.56. The van der Waals surface area contributed by atoms with Crippen LogP contribution in [0.3, 0.4) is 0 Å². The maximum atomic E-state index is 3.32. The molecule has 0 heterocycles. The van der Waals surface area contributed by atoms with Crippen LogP contribution in [-0.4, -0.2) is 13.1 Å². The van der Waals surface area contributed by atoms with Gasteiger partial charge in [0, 0.05) is 12.0 Å². The lowest BCUT2D eigenvalue weighted by Gasteiger charge is -2.06. The molecule has 14 heavy (non-hydrogen) atoms. The number of hydrogen-bond donors (Lipinski definition) is 1. The van der Waals surface area contributed by atoms with E-state index in [1.807, 2.05) is 7.05 Å². The molecule has 1 nitrogen and oxygen atoms in total. The Hall–Kier alpha value is -0.820. The number of hydrogen-bond acceptors (Lipinski definition) is 1. The summed E-state index contributed by atoms with van der Waals surface area (Å²) in [6.45, 7) is 4.48. The van der Waals surface area contributed by atoms with Crippen LogP contribution in [0.5, 0.6) is 0 Å². The fourth-order valence-corrected chi connectivity index (χ4v) is 2.01. The molecule has 0 aromatic heterocycles. The van der Waals surface area contributed by atoms with Crippen LogP contribution in [0.15, 0.2) is 24.3 Å². The van der Waals surface area contributed by atoms with E-state index in [2.05, 4.69) is 43.4 Å². The predicted octanol–water partition coefficient (Wildman–Crippen LogP) is 2.89. The molecule has 1 fully saturated rings. The van der Waals surface area contributed by atoms with Gasteiger partial charge in [0.05, 0.1) is 0 Å². The van der Waals surface area contributed by atoms with E-state index in [1.54, 1.807) is 0 Å². The molecule has 2 rings (SSSR count). The van der Waals surface area contributed by atoms with Gasteiger partial charge in [0.1, 0.15) is 0 Å². The van der Waals surface area contributed by atoms with E-state index >= 15 is 0 Å². The Morgan fingerprint density at radius 2 is 1.86 bits per heavy atom. The van der Waals surface area contributed by atoms with E-state index in [0.717, 1.165) is 12.0 Å². The molecule has 0 radical (unpaired) electrons. The smallest absolute Gasteiger partial charge is 0.0140 e. The molecule has 2 atom stereocenters. The van der Waals surface area contributed by atoms with Crippen LogP contribution in [0.4, 0.5) is 0 Å². The minimum Gasteiger partial charge on any atom is -0.316 e. The SMILES string of the molecule is CN[C@H]1C[C@H]1c1ccc(C(C)C)cc1. The highest BCUT2D eigenvalue weighted by atomic mass is 14.9. The van der Waals surface area contributed by atoms with Gasteiger partial charge in [0.2, 0.25) is 0 Å². The lowest BCUT2D eigenvalue weighted by Crippen LogP contribution is -2.10. The summed E-state index contributed by atoms with van der Waals surface area (Å²) in [5.41, 5.74) is 2.93. The van der Waals surface area contributed by atoms with Gasteiger partial charge in [-0.2, -0.15) is 0 Å². The molecule has 1 heteroatoms. The minimum absolute atomic E-state index is 0.642. The van der Waals surface area contributed by atoms with Crippen LogP contribution in [0, 0.1) is 0 Å². The highest BCUT2D eigenvalue weighted by Crippen LogP contribution is 2.40. The first-order chi connectivity index (χ1) is 6.72. The van der Waals surface area contributed by atoms with Crippen LogP contribution < -0.4 is 5.32 Å². The second-order valence-corrected chi connectivity index (χ2v) is 4.56. The lowest BCUT2D eigenvalue weighted by molar-refractivity contribution is 0.783. The lowest BCUT2D eigenvalue weighted by atomic mass is 10.0. The molecule has 0 saturated heterocycles. The molecule has 1 aromatic rings. The number of nitrogens with one attached hydrogen (secondary N) is 1. The van der Waals surface area contributed by atoms with Crippen molar-refractivity contribution in [2.45, 2.75) is 38.1 Å². The molecule has 1 aromatic carbocycles. The van der Waals surface area contributed by atoms with Gasteiger partial charge in [-0.15, -0.1) is 0 Å². The predicted molar refractivity (Wildman–Crippen MR) is 60.7 cm³/mol. The molecule has 0 amide bonds. The van der Waals surface area contributed by atoms with Gasteiger partial charge < -0.3 is 5.32 Å². The summed E-state index contributed by atoms with van der Waals surface area (Å²) < 4.78 is 0. The van der Waals surface area contributed by atoms with E-state index in [4.69, 9.17) is 0 Å². The Kier molecular flexibility index (Phi) is 2.60. The summed E-state index contributed by atoms with van der Waals surface area (Å²) in [6.07, 6.45) is 1.30. The van der Waals surface area contributed by atoms with Crippen LogP contribution in [-0.2, 0) is 0 Å². The van der Waals surface area contributed by atoms with Crippen LogP contribution in [0.2, 0.25) is 0 Å². The minimum atomic E-state index is 0.642. The zero-order valence-corrected chi connectivity index (χ0v) is 9.25. The summed E-state index contributed by atoms with van der Waals surface area (Å²) in [5, 5.41) is 3.32. The first-order valence-electron chi connectivity index (χ1n) is 5.49. The van der Waals surface area contributed by atoms with Crippen molar-refractivity contribution < 1.29 is 0 Å². The summed E-state index contributed by atoms with van der Waals surface area (Å²) in [5.74, 6) is 1.41. The standard InChI is InChI=1S/C13H19N/c1-9(2)10-4-6-11(7-5-10)12-8-13(12)14-3/h4-7,9,12-14H,8H2,1-3H3/t12-,13-/m0/s1. The molecule has 0 bridgehead atoms. The van der Waals surface area contributed by atoms with Gasteiger partial charge in [-0.1, -0.05) is 38.1 Å². The number of rotatable bonds is 3. The molecule has 0 unspecified atom stereocenters. The Morgan fingerprint density at radius 3 is 2.29 bits per heavy atom. The molecule has 1 saturated carbocycles. The Balaban J connectivity index is 2.08. The Labute approximate surface area is 86.5 Å². The third-order valence-electron chi connectivity index (χ3n) is 3.19. The van der Waals surface area contributed by atoms with Crippen molar-refractivity contribution in [2.75, 3.05) is 7.05 Å². The Bertz CT molecular complexity index is 300. The molecular weight excluding hydrogens is 170 g/mol. The van der Waals surface area contributed by atoms with Gasteiger partial charge in [0.15, 0.2) is 0 Å². The third kappa shape index (κ3) is 1.83. The summed E-state index contributed by atoms with van der Waals surface area (Å²) in [7, 11) is 2.05. The highest BCUT2D eigenvalue weighted by Gasteiger charge is 2.36. The largest absolute Gasteiger partial charge is 0.316 e. The van der Waals surface area contributed by atoms with Gasteiger partial charge >= 0.3 is 0 Å². The van der Waals surface area contributed by atoms with Crippen molar-refractivity contribution in [3.63, 3.8) is 0 Å². The monoisotopic (exact) mass is 189 g/mol. The van der Waals surface area contributed by atoms with Crippen LogP contribution >= 0.6 is 0 Å². The summed E-state index contributed by atoms with van der Waals surface area (Å²) in [4.78, 5) is 0. The molecule has 0 spiro atoms. The van der Waals surface area contributed by atoms with Crippen molar-refractivity contribution in [2.24, 2.45) is 0 Å². The summed E-state index contributed by atoms with van der Waals surface area (Å²) in [6, 6.07) is 9.84. The summed E-state index contributed by atoms with van der Waals surface area (Å²) >= 11 is 0. The van der Waals surface area contributed by atoms with Gasteiger partial charge in [0.25, 0.3) is 0 Å². The zero-order chi connectivity index (χ0) is 10.1. The first-order valence-corrected chi connectivity index (χ1v) is 5.49. The van der Waals surface area contributed by atoms with Crippen molar-refractivity contribution >= 4 is 0 Å². The molecule has 1 aliphatic rings. The van der Waals surface area contributed by atoms with E-state index < -0.39 is 0 Å². The van der Waals surface area contributed by atoms with E-state index in [9.17, 15) is 0 Å².